The van der Waals surface area contributed by atoms with Crippen LogP contribution in [-0.4, -0.2) is 73.3 Å². The van der Waals surface area contributed by atoms with Crippen molar-refractivity contribution in [2.45, 2.75) is 19.4 Å². The molecular weight excluding hydrogens is 326 g/mol. The molecule has 0 aromatic carbocycles. The number of carbonyl (C=O) groups excluding carboxylic acids is 1. The molecule has 0 unspecified atom stereocenters. The molecule has 0 radical (unpaired) electrons. The van der Waals surface area contributed by atoms with Gasteiger partial charge in [0.1, 0.15) is 5.01 Å². The highest BCUT2D eigenvalue weighted by molar-refractivity contribution is 7.09. The van der Waals surface area contributed by atoms with Crippen LogP contribution in [0.2, 0.25) is 0 Å². The summed E-state index contributed by atoms with van der Waals surface area (Å²) in [6, 6.07) is 0. The molecule has 0 aliphatic carbocycles. The van der Waals surface area contributed by atoms with Gasteiger partial charge in [0.15, 0.2) is 0 Å². The molecule has 1 spiro atoms. The second-order valence-electron chi connectivity index (χ2n) is 7.06. The monoisotopic (exact) mass is 351 g/mol. The van der Waals surface area contributed by atoms with Gasteiger partial charge in [-0.15, -0.1) is 11.3 Å². The predicted octanol–water partition coefficient (Wildman–Crippen LogP) is 1.23. The first-order valence-electron chi connectivity index (χ1n) is 8.82. The van der Waals surface area contributed by atoms with Crippen molar-refractivity contribution >= 4 is 17.2 Å². The van der Waals surface area contributed by atoms with Gasteiger partial charge in [0.25, 0.3) is 0 Å². The highest BCUT2D eigenvalue weighted by atomic mass is 32.1. The van der Waals surface area contributed by atoms with E-state index in [-0.39, 0.29) is 11.3 Å². The number of morpholine rings is 1. The molecule has 0 saturated carbocycles. The SMILES string of the molecule is O=C([C@H]1CN(Cc2nccs2)CC12CCOCC2)N1CCOCC1. The van der Waals surface area contributed by atoms with E-state index in [0.717, 1.165) is 63.8 Å². The third kappa shape index (κ3) is 3.22. The van der Waals surface area contributed by atoms with Crippen LogP contribution < -0.4 is 0 Å². The summed E-state index contributed by atoms with van der Waals surface area (Å²) in [4.78, 5) is 22.1. The number of ether oxygens (including phenoxy) is 2. The minimum Gasteiger partial charge on any atom is -0.381 e. The fourth-order valence-electron chi connectivity index (χ4n) is 4.34. The summed E-state index contributed by atoms with van der Waals surface area (Å²) in [5, 5.41) is 3.16. The van der Waals surface area contributed by atoms with Crippen molar-refractivity contribution in [3.05, 3.63) is 16.6 Å². The molecule has 1 amide bonds. The number of aromatic nitrogens is 1. The third-order valence-electron chi connectivity index (χ3n) is 5.67. The zero-order valence-electron chi connectivity index (χ0n) is 14.0. The van der Waals surface area contributed by atoms with Crippen LogP contribution >= 0.6 is 11.3 Å². The molecule has 0 bridgehead atoms. The van der Waals surface area contributed by atoms with E-state index >= 15 is 0 Å². The number of hydrogen-bond acceptors (Lipinski definition) is 6. The van der Waals surface area contributed by atoms with Gasteiger partial charge in [0.2, 0.25) is 5.91 Å². The fraction of sp³-hybridized carbons (Fsp3) is 0.765. The maximum atomic E-state index is 13.2. The maximum absolute atomic E-state index is 13.2. The molecule has 1 aromatic heterocycles. The van der Waals surface area contributed by atoms with Gasteiger partial charge in [-0.1, -0.05) is 0 Å². The molecule has 6 nitrogen and oxygen atoms in total. The third-order valence-corrected chi connectivity index (χ3v) is 6.43. The van der Waals surface area contributed by atoms with Crippen molar-refractivity contribution in [3.8, 4) is 0 Å². The Bertz CT molecular complexity index is 553. The van der Waals surface area contributed by atoms with Crippen molar-refractivity contribution in [2.75, 3.05) is 52.6 Å². The molecule has 3 saturated heterocycles. The highest BCUT2D eigenvalue weighted by Crippen LogP contribution is 2.45. The molecule has 4 heterocycles. The number of hydrogen-bond donors (Lipinski definition) is 0. The Kier molecular flexibility index (Phi) is 4.85. The molecule has 3 aliphatic heterocycles. The number of thiazole rings is 1. The van der Waals surface area contributed by atoms with E-state index in [2.05, 4.69) is 9.88 Å². The van der Waals surface area contributed by atoms with Crippen molar-refractivity contribution in [1.29, 1.82) is 0 Å². The van der Waals surface area contributed by atoms with Gasteiger partial charge >= 0.3 is 0 Å². The zero-order valence-corrected chi connectivity index (χ0v) is 14.8. The van der Waals surface area contributed by atoms with Crippen LogP contribution in [0.1, 0.15) is 17.8 Å². The largest absolute Gasteiger partial charge is 0.381 e. The van der Waals surface area contributed by atoms with Crippen LogP contribution in [0.4, 0.5) is 0 Å². The Labute approximate surface area is 146 Å². The quantitative estimate of drug-likeness (QED) is 0.820. The minimum atomic E-state index is 0.0743. The summed E-state index contributed by atoms with van der Waals surface area (Å²) < 4.78 is 11.0. The number of amides is 1. The number of rotatable bonds is 3. The number of likely N-dealkylation sites (tertiary alicyclic amines) is 1. The lowest BCUT2D eigenvalue weighted by Gasteiger charge is -2.40. The Hall–Kier alpha value is -1.02. The lowest BCUT2D eigenvalue weighted by Crippen LogP contribution is -2.49. The number of carbonyl (C=O) groups is 1. The van der Waals surface area contributed by atoms with Gasteiger partial charge in [0, 0.05) is 56.4 Å². The molecule has 1 atom stereocenters. The van der Waals surface area contributed by atoms with Crippen LogP contribution in [0.3, 0.4) is 0 Å². The molecule has 0 N–H and O–H groups in total. The summed E-state index contributed by atoms with van der Waals surface area (Å²) in [5.74, 6) is 0.404. The molecule has 3 aliphatic rings. The smallest absolute Gasteiger partial charge is 0.227 e. The van der Waals surface area contributed by atoms with Crippen molar-refractivity contribution < 1.29 is 14.3 Å². The molecule has 132 valence electrons. The van der Waals surface area contributed by atoms with Crippen molar-refractivity contribution in [2.24, 2.45) is 11.3 Å². The van der Waals surface area contributed by atoms with Gasteiger partial charge in [-0.25, -0.2) is 4.98 Å². The maximum Gasteiger partial charge on any atom is 0.227 e. The number of nitrogens with zero attached hydrogens (tertiary/aromatic N) is 3. The Morgan fingerprint density at radius 1 is 1.25 bits per heavy atom. The average Bonchev–Trinajstić information content (AvgIpc) is 3.24. The first-order valence-corrected chi connectivity index (χ1v) is 9.70. The summed E-state index contributed by atoms with van der Waals surface area (Å²) in [5.41, 5.74) is 0.0743. The molecule has 3 fully saturated rings. The lowest BCUT2D eigenvalue weighted by molar-refractivity contribution is -0.144. The predicted molar refractivity (Wildman–Crippen MR) is 90.8 cm³/mol. The van der Waals surface area contributed by atoms with Crippen LogP contribution in [-0.2, 0) is 20.8 Å². The standard InChI is InChI=1S/C17H25N3O3S/c21-16(20-4-8-23-9-5-20)14-11-19(12-15-18-3-10-24-15)13-17(14)1-6-22-7-2-17/h3,10,14H,1-2,4-9,11-13H2/t14-/m1/s1. The van der Waals surface area contributed by atoms with Crippen LogP contribution in [0.15, 0.2) is 11.6 Å². The van der Waals surface area contributed by atoms with Crippen LogP contribution in [0.5, 0.6) is 0 Å². The normalized spacial score (nSPS) is 27.7. The molecule has 4 rings (SSSR count). The molecule has 1 aromatic rings. The second-order valence-corrected chi connectivity index (χ2v) is 8.04. The first-order chi connectivity index (χ1) is 11.8. The highest BCUT2D eigenvalue weighted by Gasteiger charge is 2.51. The average molecular weight is 351 g/mol. The van der Waals surface area contributed by atoms with Gasteiger partial charge in [-0.3, -0.25) is 9.69 Å². The van der Waals surface area contributed by atoms with E-state index in [1.165, 1.54) is 0 Å². The molecular formula is C17H25N3O3S. The Morgan fingerprint density at radius 3 is 2.71 bits per heavy atom. The van der Waals surface area contributed by atoms with E-state index in [1.807, 2.05) is 16.5 Å². The van der Waals surface area contributed by atoms with Crippen molar-refractivity contribution in [3.63, 3.8) is 0 Å². The summed E-state index contributed by atoms with van der Waals surface area (Å²) in [6.07, 6.45) is 3.83. The van der Waals surface area contributed by atoms with Crippen molar-refractivity contribution in [1.82, 2.24) is 14.8 Å². The Balaban J connectivity index is 1.51. The minimum absolute atomic E-state index is 0.0743. The topological polar surface area (TPSA) is 54.9 Å². The summed E-state index contributed by atoms with van der Waals surface area (Å²) in [7, 11) is 0. The zero-order chi connectivity index (χ0) is 16.4. The van der Waals surface area contributed by atoms with E-state index in [1.54, 1.807) is 11.3 Å². The van der Waals surface area contributed by atoms with Gasteiger partial charge in [-0.2, -0.15) is 0 Å². The fourth-order valence-corrected chi connectivity index (χ4v) is 5.00. The summed E-state index contributed by atoms with van der Waals surface area (Å²) >= 11 is 1.69. The molecule has 7 heteroatoms. The van der Waals surface area contributed by atoms with E-state index in [9.17, 15) is 4.79 Å². The van der Waals surface area contributed by atoms with E-state index in [0.29, 0.717) is 19.1 Å². The summed E-state index contributed by atoms with van der Waals surface area (Å²) in [6.45, 7) is 7.02. The van der Waals surface area contributed by atoms with Crippen LogP contribution in [0, 0.1) is 11.3 Å². The molecule has 24 heavy (non-hydrogen) atoms. The van der Waals surface area contributed by atoms with Gasteiger partial charge in [-0.05, 0) is 12.8 Å². The van der Waals surface area contributed by atoms with Crippen LogP contribution in [0.25, 0.3) is 0 Å². The van der Waals surface area contributed by atoms with Gasteiger partial charge < -0.3 is 14.4 Å². The lowest BCUT2D eigenvalue weighted by atomic mass is 9.71. The Morgan fingerprint density at radius 2 is 2.00 bits per heavy atom. The second kappa shape index (κ2) is 7.07. The van der Waals surface area contributed by atoms with Gasteiger partial charge in [0.05, 0.1) is 25.7 Å². The van der Waals surface area contributed by atoms with E-state index in [4.69, 9.17) is 9.47 Å². The first kappa shape index (κ1) is 16.4. The van der Waals surface area contributed by atoms with E-state index < -0.39 is 0 Å².